The van der Waals surface area contributed by atoms with Gasteiger partial charge in [0.05, 0.1) is 18.1 Å². The summed E-state index contributed by atoms with van der Waals surface area (Å²) >= 11 is 19.2. The van der Waals surface area contributed by atoms with Crippen LogP contribution in [0.4, 0.5) is 0 Å². The second-order valence-electron chi connectivity index (χ2n) is 12.5. The van der Waals surface area contributed by atoms with Gasteiger partial charge in [-0.05, 0) is 72.8 Å². The molecule has 2 aliphatic heterocycles. The molecule has 4 rings (SSSR count). The van der Waals surface area contributed by atoms with E-state index in [9.17, 15) is 9.59 Å². The molecular formula is C30H39Cl3N2O3Si. The highest BCUT2D eigenvalue weighted by atomic mass is 35.5. The highest BCUT2D eigenvalue weighted by Gasteiger charge is 2.55. The number of hydrogen-bond donors (Lipinski definition) is 0. The van der Waals surface area contributed by atoms with Crippen molar-refractivity contribution in [3.8, 4) is 0 Å². The molecular weight excluding hydrogens is 571 g/mol. The van der Waals surface area contributed by atoms with E-state index >= 15 is 0 Å². The van der Waals surface area contributed by atoms with Crippen LogP contribution in [0.15, 0.2) is 36.4 Å². The first kappa shape index (κ1) is 30.4. The molecule has 2 aliphatic rings. The summed E-state index contributed by atoms with van der Waals surface area (Å²) < 4.78 is 6.44. The molecule has 0 radical (unpaired) electrons. The lowest BCUT2D eigenvalue weighted by atomic mass is 9.75. The van der Waals surface area contributed by atoms with Gasteiger partial charge >= 0.3 is 0 Å². The predicted molar refractivity (Wildman–Crippen MR) is 162 cm³/mol. The number of rotatable bonds is 7. The molecule has 0 bridgehead atoms. The monoisotopic (exact) mass is 608 g/mol. The molecule has 1 spiro atoms. The molecule has 2 saturated heterocycles. The zero-order valence-electron chi connectivity index (χ0n) is 23.7. The van der Waals surface area contributed by atoms with Crippen molar-refractivity contribution in [1.82, 2.24) is 9.80 Å². The molecule has 5 nitrogen and oxygen atoms in total. The molecule has 39 heavy (non-hydrogen) atoms. The lowest BCUT2D eigenvalue weighted by Crippen LogP contribution is -2.48. The van der Waals surface area contributed by atoms with Crippen molar-refractivity contribution in [3.05, 3.63) is 68.2 Å². The van der Waals surface area contributed by atoms with Gasteiger partial charge in [-0.1, -0.05) is 73.8 Å². The highest BCUT2D eigenvalue weighted by molar-refractivity contribution is 6.74. The van der Waals surface area contributed by atoms with Gasteiger partial charge in [0, 0.05) is 41.1 Å². The highest BCUT2D eigenvalue weighted by Crippen LogP contribution is 2.51. The van der Waals surface area contributed by atoms with Crippen LogP contribution in [-0.2, 0) is 20.6 Å². The van der Waals surface area contributed by atoms with E-state index in [1.165, 1.54) is 0 Å². The topological polar surface area (TPSA) is 49.9 Å². The summed E-state index contributed by atoms with van der Waals surface area (Å²) in [5.41, 5.74) is 2.12. The summed E-state index contributed by atoms with van der Waals surface area (Å²) in [6.07, 6.45) is 1.34. The number of piperidine rings is 1. The Kier molecular flexibility index (Phi) is 8.85. The van der Waals surface area contributed by atoms with Gasteiger partial charge in [0.1, 0.15) is 0 Å². The Bertz CT molecular complexity index is 1260. The molecule has 2 heterocycles. The maximum Gasteiger partial charge on any atom is 0.230 e. The molecule has 2 amide bonds. The van der Waals surface area contributed by atoms with Crippen LogP contribution in [0.5, 0.6) is 0 Å². The molecule has 2 fully saturated rings. The fourth-order valence-electron chi connectivity index (χ4n) is 5.45. The average molecular weight is 610 g/mol. The lowest BCUT2D eigenvalue weighted by Gasteiger charge is -2.38. The molecule has 9 heteroatoms. The van der Waals surface area contributed by atoms with Crippen LogP contribution in [0.2, 0.25) is 33.2 Å². The third-order valence-electron chi connectivity index (χ3n) is 9.04. The molecule has 0 saturated carbocycles. The fraction of sp³-hybridized carbons (Fsp3) is 0.533. The SMILES string of the molecule is Cc1c(Cl)cccc1CN1CC[C@@]2(CC1=O)C[C@H](c1ccc(Cl)cc1Cl)N(CCO[Si](C)(C)C(C)(C)C)C2=O. The number of amides is 2. The maximum atomic E-state index is 14.1. The third-order valence-corrected chi connectivity index (χ3v) is 14.6. The summed E-state index contributed by atoms with van der Waals surface area (Å²) in [6, 6.07) is 11.0. The Morgan fingerprint density at radius 2 is 1.79 bits per heavy atom. The number of carbonyl (C=O) groups excluding carboxylic acids is 2. The number of carbonyl (C=O) groups is 2. The lowest BCUT2D eigenvalue weighted by molar-refractivity contribution is -0.149. The standard InChI is InChI=1S/C30H39Cl3N2O3Si/c1-20-21(8-7-9-24(20)32)19-34-13-12-30(18-27(34)36)17-26(23-11-10-22(31)16-25(23)33)35(28(30)37)14-15-38-39(5,6)29(2,3)4/h7-11,16,26H,12-15,17-19H2,1-6H3/t26-,30+/m1/s1. The van der Waals surface area contributed by atoms with Crippen molar-refractivity contribution in [2.24, 2.45) is 5.41 Å². The summed E-state index contributed by atoms with van der Waals surface area (Å²) in [6.45, 7) is 14.9. The van der Waals surface area contributed by atoms with E-state index in [-0.39, 0.29) is 29.3 Å². The van der Waals surface area contributed by atoms with Gasteiger partial charge in [-0.15, -0.1) is 0 Å². The van der Waals surface area contributed by atoms with Crippen molar-refractivity contribution in [3.63, 3.8) is 0 Å². The van der Waals surface area contributed by atoms with Gasteiger partial charge in [0.2, 0.25) is 11.8 Å². The van der Waals surface area contributed by atoms with E-state index in [4.69, 9.17) is 39.2 Å². The molecule has 0 N–H and O–H groups in total. The van der Waals surface area contributed by atoms with Crippen LogP contribution in [0.3, 0.4) is 0 Å². The summed E-state index contributed by atoms with van der Waals surface area (Å²) in [5.74, 6) is 0.0126. The number of halogens is 3. The largest absolute Gasteiger partial charge is 0.415 e. The molecule has 2 aromatic rings. The summed E-state index contributed by atoms with van der Waals surface area (Å²) in [4.78, 5) is 31.4. The number of benzene rings is 2. The molecule has 212 valence electrons. The van der Waals surface area contributed by atoms with E-state index in [1.54, 1.807) is 6.07 Å². The summed E-state index contributed by atoms with van der Waals surface area (Å²) in [7, 11) is -1.98. The van der Waals surface area contributed by atoms with Gasteiger partial charge in [-0.2, -0.15) is 0 Å². The van der Waals surface area contributed by atoms with Crippen LogP contribution in [0.25, 0.3) is 0 Å². The van der Waals surface area contributed by atoms with Gasteiger partial charge in [-0.25, -0.2) is 0 Å². The van der Waals surface area contributed by atoms with Gasteiger partial charge < -0.3 is 14.2 Å². The van der Waals surface area contributed by atoms with Crippen molar-refractivity contribution in [2.45, 2.75) is 77.7 Å². The van der Waals surface area contributed by atoms with Crippen molar-refractivity contribution < 1.29 is 14.0 Å². The second kappa shape index (κ2) is 11.4. The Labute approximate surface area is 248 Å². The number of nitrogens with zero attached hydrogens (tertiary/aromatic N) is 2. The van der Waals surface area contributed by atoms with E-state index < -0.39 is 13.7 Å². The molecule has 0 aliphatic carbocycles. The van der Waals surface area contributed by atoms with Crippen LogP contribution in [0.1, 0.15) is 62.8 Å². The van der Waals surface area contributed by atoms with E-state index in [2.05, 4.69) is 33.9 Å². The minimum atomic E-state index is -1.98. The van der Waals surface area contributed by atoms with Gasteiger partial charge in [0.25, 0.3) is 0 Å². The van der Waals surface area contributed by atoms with E-state index in [1.807, 2.05) is 47.1 Å². The first-order valence-electron chi connectivity index (χ1n) is 13.6. The van der Waals surface area contributed by atoms with Crippen LogP contribution < -0.4 is 0 Å². The van der Waals surface area contributed by atoms with Crippen molar-refractivity contribution in [1.29, 1.82) is 0 Å². The fourth-order valence-corrected chi connectivity index (χ4v) is 7.22. The Hall–Kier alpha value is -1.57. The zero-order chi connectivity index (χ0) is 28.8. The number of likely N-dealkylation sites (tertiary alicyclic amines) is 2. The van der Waals surface area contributed by atoms with Crippen LogP contribution in [-0.4, -0.2) is 49.6 Å². The van der Waals surface area contributed by atoms with E-state index in [0.29, 0.717) is 54.2 Å². The zero-order valence-corrected chi connectivity index (χ0v) is 27.0. The number of hydrogen-bond acceptors (Lipinski definition) is 3. The smallest absolute Gasteiger partial charge is 0.230 e. The Morgan fingerprint density at radius 1 is 1.08 bits per heavy atom. The molecule has 0 unspecified atom stereocenters. The minimum Gasteiger partial charge on any atom is -0.415 e. The summed E-state index contributed by atoms with van der Waals surface area (Å²) in [5, 5.41) is 1.85. The normalized spacial score (nSPS) is 22.3. The van der Waals surface area contributed by atoms with Crippen LogP contribution >= 0.6 is 34.8 Å². The maximum absolute atomic E-state index is 14.1. The second-order valence-corrected chi connectivity index (χ2v) is 18.6. The van der Waals surface area contributed by atoms with Crippen LogP contribution in [0, 0.1) is 12.3 Å². The third kappa shape index (κ3) is 6.20. The minimum absolute atomic E-state index is 0.00528. The van der Waals surface area contributed by atoms with Crippen molar-refractivity contribution in [2.75, 3.05) is 19.7 Å². The predicted octanol–water partition coefficient (Wildman–Crippen LogP) is 8.06. The van der Waals surface area contributed by atoms with Gasteiger partial charge in [-0.3, -0.25) is 9.59 Å². The quantitative estimate of drug-likeness (QED) is 0.298. The van der Waals surface area contributed by atoms with E-state index in [0.717, 1.165) is 16.7 Å². The first-order valence-corrected chi connectivity index (χ1v) is 17.6. The molecule has 2 atom stereocenters. The van der Waals surface area contributed by atoms with Gasteiger partial charge in [0.15, 0.2) is 8.32 Å². The first-order chi connectivity index (χ1) is 18.1. The Morgan fingerprint density at radius 3 is 2.44 bits per heavy atom. The molecule has 2 aromatic carbocycles. The Balaban J connectivity index is 1.56. The average Bonchev–Trinajstić information content (AvgIpc) is 3.09. The molecule has 0 aromatic heterocycles. The van der Waals surface area contributed by atoms with Crippen molar-refractivity contribution >= 4 is 54.9 Å².